The highest BCUT2D eigenvalue weighted by atomic mass is 16.7. The number of ether oxygens (including phenoxy) is 14. The Hall–Kier alpha value is -5.62. The third-order valence-electron chi connectivity index (χ3n) is 26.0. The molecule has 0 saturated carbocycles. The number of carbonyl (C=O) groups is 10. The van der Waals surface area contributed by atoms with E-state index in [0.29, 0.717) is 290 Å². The number of hydrogen-bond donors (Lipinski definition) is 12. The second-order valence-corrected chi connectivity index (χ2v) is 37.4. The molecule has 24 unspecified atom stereocenters. The average Bonchev–Trinajstić information content (AvgIpc) is 0.993. The zero-order valence-electron chi connectivity index (χ0n) is 76.4. The fraction of sp³-hybridized carbons (Fsp3) is 0.894. The van der Waals surface area contributed by atoms with Gasteiger partial charge in [0.1, 0.15) is 50.3 Å². The summed E-state index contributed by atoms with van der Waals surface area (Å²) in [5.41, 5.74) is 0. The monoisotopic (exact) mass is 1860 g/mol. The number of carbonyl (C=O) groups excluding carboxylic acids is 10. The summed E-state index contributed by atoms with van der Waals surface area (Å²) in [6.07, 6.45) is 25.2. The van der Waals surface area contributed by atoms with E-state index in [2.05, 4.69) is 4.74 Å². The largest absolute Gasteiger partial charge is 0.465 e. The SMILES string of the molecule is O=C1CC(CCC(O)CCC(O)CCC2CC(=O)O2)O1.O=C1CC(CCC(O)CCC(O)CCC2COC(=O)C2)CO1.O=C1CCC(CCC(O)CCC(O)CCC2CCC(=O)O2)O1.O=C1COCC1CCC(O)CCC(O)CCC1CCOC1=O.O=C1OCC1CCC(O)CCC(O)CCC1OCC1=O.OC(CCOC1CCCCO1)CCC(O)CCOC1CCCCO1. The number of ketones is 2. The van der Waals surface area contributed by atoms with Gasteiger partial charge in [-0.3, -0.25) is 47.9 Å². The molecule has 12 rings (SSSR count). The summed E-state index contributed by atoms with van der Waals surface area (Å²) in [6.45, 7) is 5.30. The zero-order valence-corrected chi connectivity index (χ0v) is 76.4. The summed E-state index contributed by atoms with van der Waals surface area (Å²) in [4.78, 5) is 110. The molecule has 0 aromatic carbocycles. The maximum atomic E-state index is 11.4. The summed E-state index contributed by atoms with van der Waals surface area (Å²) in [5.74, 6) is -0.804. The number of esters is 8. The lowest BCUT2D eigenvalue weighted by Gasteiger charge is -2.27. The number of hydrogen-bond acceptors (Lipinski definition) is 36. The van der Waals surface area contributed by atoms with Crippen molar-refractivity contribution in [2.24, 2.45) is 29.6 Å². The fourth-order valence-corrected chi connectivity index (χ4v) is 16.9. The molecule has 12 N–H and O–H groups in total. The molecule has 0 amide bonds. The molecule has 12 aliphatic rings. The second kappa shape index (κ2) is 63.7. The van der Waals surface area contributed by atoms with Crippen molar-refractivity contribution in [2.75, 3.05) is 72.7 Å². The lowest BCUT2D eigenvalue weighted by Crippen LogP contribution is -2.40. The summed E-state index contributed by atoms with van der Waals surface area (Å²) < 4.78 is 71.6. The summed E-state index contributed by atoms with van der Waals surface area (Å²) in [6, 6.07) is 0. The molecular weight excluding hydrogens is 1700 g/mol. The van der Waals surface area contributed by atoms with Crippen molar-refractivity contribution >= 4 is 59.3 Å². The van der Waals surface area contributed by atoms with Crippen molar-refractivity contribution in [1.82, 2.24) is 0 Å². The Morgan fingerprint density at radius 3 is 0.908 bits per heavy atom. The second-order valence-electron chi connectivity index (χ2n) is 37.4. The zero-order chi connectivity index (χ0) is 94.0. The Bertz CT molecular complexity index is 2930. The van der Waals surface area contributed by atoms with Crippen molar-refractivity contribution in [3.05, 3.63) is 0 Å². The first kappa shape index (κ1) is 111. The minimum absolute atomic E-state index is 0.0321. The van der Waals surface area contributed by atoms with E-state index in [-0.39, 0.29) is 145 Å². The molecule has 0 aliphatic carbocycles. The van der Waals surface area contributed by atoms with Crippen molar-refractivity contribution in [3.8, 4) is 0 Å². The first-order valence-electron chi connectivity index (χ1n) is 48.7. The molecule has 24 atom stereocenters. The van der Waals surface area contributed by atoms with E-state index in [1.807, 2.05) is 0 Å². The number of aliphatic hydroxyl groups excluding tert-OH is 12. The maximum absolute atomic E-state index is 11.4. The third kappa shape index (κ3) is 48.7. The van der Waals surface area contributed by atoms with Gasteiger partial charge in [0.05, 0.1) is 150 Å². The van der Waals surface area contributed by atoms with Gasteiger partial charge < -0.3 is 128 Å². The molecule has 12 heterocycles. The van der Waals surface area contributed by atoms with Crippen molar-refractivity contribution in [3.63, 3.8) is 0 Å². The lowest BCUT2D eigenvalue weighted by atomic mass is 9.95. The van der Waals surface area contributed by atoms with Gasteiger partial charge in [0.2, 0.25) is 0 Å². The van der Waals surface area contributed by atoms with E-state index in [1.165, 1.54) is 0 Å². The number of cyclic esters (lactones) is 8. The maximum Gasteiger partial charge on any atom is 0.312 e. The predicted octanol–water partition coefficient (Wildman–Crippen LogP) is 6.69. The molecule has 0 spiro atoms. The van der Waals surface area contributed by atoms with Crippen LogP contribution in [0.2, 0.25) is 0 Å². The first-order valence-corrected chi connectivity index (χ1v) is 48.7. The van der Waals surface area contributed by atoms with Gasteiger partial charge in [-0.25, -0.2) is 0 Å². The van der Waals surface area contributed by atoms with E-state index in [0.717, 1.165) is 83.8 Å². The number of aliphatic hydroxyl groups is 12. The summed E-state index contributed by atoms with van der Waals surface area (Å²) >= 11 is 0. The summed E-state index contributed by atoms with van der Waals surface area (Å²) in [5, 5.41) is 119. The molecular formula is C94H156O36. The number of Topliss-reactive ketones (excluding diaryl/α,β-unsaturated/α-hetero) is 2. The van der Waals surface area contributed by atoms with Gasteiger partial charge in [-0.15, -0.1) is 0 Å². The Morgan fingerprint density at radius 1 is 0.269 bits per heavy atom. The van der Waals surface area contributed by atoms with E-state index >= 15 is 0 Å². The molecule has 130 heavy (non-hydrogen) atoms. The van der Waals surface area contributed by atoms with Crippen LogP contribution in [0.15, 0.2) is 0 Å². The molecule has 0 aromatic heterocycles. The van der Waals surface area contributed by atoms with Gasteiger partial charge in [-0.1, -0.05) is 0 Å². The summed E-state index contributed by atoms with van der Waals surface area (Å²) in [7, 11) is 0. The Kier molecular flexibility index (Phi) is 54.5. The topological polar surface area (TPSA) is 543 Å². The average molecular weight is 1860 g/mol. The molecule has 0 aromatic rings. The van der Waals surface area contributed by atoms with Crippen LogP contribution in [0.3, 0.4) is 0 Å². The van der Waals surface area contributed by atoms with Crippen LogP contribution >= 0.6 is 0 Å². The Balaban J connectivity index is 0.000000214. The Labute approximate surface area is 764 Å². The predicted molar refractivity (Wildman–Crippen MR) is 461 cm³/mol. The first-order chi connectivity index (χ1) is 62.4. The highest BCUT2D eigenvalue weighted by molar-refractivity contribution is 5.88. The van der Waals surface area contributed by atoms with Crippen LogP contribution in [0.25, 0.3) is 0 Å². The van der Waals surface area contributed by atoms with Crippen LogP contribution in [-0.4, -0.2) is 310 Å². The molecule has 12 saturated heterocycles. The normalized spacial score (nSPS) is 27.8. The van der Waals surface area contributed by atoms with Crippen molar-refractivity contribution < 1.29 is 176 Å². The van der Waals surface area contributed by atoms with Crippen molar-refractivity contribution in [2.45, 2.75) is 431 Å². The van der Waals surface area contributed by atoms with E-state index in [9.17, 15) is 109 Å². The van der Waals surface area contributed by atoms with Crippen LogP contribution in [0.5, 0.6) is 0 Å². The standard InChI is InChI=1S/C18H34O6.3C16H26O6.2C14H22O6/c19-15(9-13-23-17-5-1-3-11-21-17)7-8-16(20)10-14-24-18-6-2-4-12-22-18;17-13(3-1-11-7-15(19)21-9-11)5-6-14(18)4-2-12-8-16(20)22-10-12;17-13(3-1-11-7-8-22-16(11)20)5-6-14(18)4-2-12-9-21-10-15(12)19;17-11(3-5-13-7-9-15(19)21-13)1-2-12(18)4-6-14-8-10-16(20)22-14;15-9(3-5-11-7-13(17)19-11)1-2-10(16)4-6-12-8-14(18)20-12;15-10(2-1-9-7-20-14(9)18)3-4-11(16)5-6-13-12(17)8-19-13/h15-20H,1-14H2;3*11-14,17-18H,1-10H2;9-12,15-16H,1-8H2;9-11,13,15-16H,1-8H2. The molecule has 748 valence electrons. The Morgan fingerprint density at radius 2 is 0.623 bits per heavy atom. The lowest BCUT2D eigenvalue weighted by molar-refractivity contribution is -0.171. The van der Waals surface area contributed by atoms with Crippen LogP contribution in [-0.2, 0) is 114 Å². The highest BCUT2D eigenvalue weighted by Crippen LogP contribution is 2.31. The third-order valence-corrected chi connectivity index (χ3v) is 26.0. The molecule has 12 aliphatic heterocycles. The van der Waals surface area contributed by atoms with E-state index in [1.54, 1.807) is 0 Å². The van der Waals surface area contributed by atoms with E-state index in [4.69, 9.17) is 61.6 Å². The van der Waals surface area contributed by atoms with Gasteiger partial charge in [-0.2, -0.15) is 0 Å². The molecule has 36 nitrogen and oxygen atoms in total. The van der Waals surface area contributed by atoms with Gasteiger partial charge in [0.25, 0.3) is 0 Å². The van der Waals surface area contributed by atoms with E-state index < -0.39 is 73.2 Å². The molecule has 12 fully saturated rings. The van der Waals surface area contributed by atoms with Crippen LogP contribution < -0.4 is 0 Å². The minimum Gasteiger partial charge on any atom is -0.465 e. The quantitative estimate of drug-likeness (QED) is 0.0223. The minimum atomic E-state index is -0.518. The van der Waals surface area contributed by atoms with Crippen LogP contribution in [0.1, 0.15) is 315 Å². The van der Waals surface area contributed by atoms with Crippen molar-refractivity contribution in [1.29, 1.82) is 0 Å². The van der Waals surface area contributed by atoms with Crippen LogP contribution in [0.4, 0.5) is 0 Å². The van der Waals surface area contributed by atoms with Crippen LogP contribution in [0, 0.1) is 29.6 Å². The van der Waals surface area contributed by atoms with Gasteiger partial charge in [0, 0.05) is 43.8 Å². The smallest absolute Gasteiger partial charge is 0.312 e. The molecule has 36 heteroatoms. The fourth-order valence-electron chi connectivity index (χ4n) is 16.9. The van der Waals surface area contributed by atoms with Gasteiger partial charge in [-0.05, 0) is 276 Å². The number of rotatable bonds is 56. The molecule has 0 bridgehead atoms. The van der Waals surface area contributed by atoms with Gasteiger partial charge in [0.15, 0.2) is 24.1 Å². The van der Waals surface area contributed by atoms with Gasteiger partial charge >= 0.3 is 47.8 Å². The highest BCUT2D eigenvalue weighted by Gasteiger charge is 2.36. The molecule has 0 radical (unpaired) electrons.